The molecule has 0 radical (unpaired) electrons. The number of amides is 1. The van der Waals surface area contributed by atoms with Gasteiger partial charge in [0.15, 0.2) is 0 Å². The lowest BCUT2D eigenvalue weighted by atomic mass is 9.91. The second-order valence-corrected chi connectivity index (χ2v) is 7.78. The van der Waals surface area contributed by atoms with Crippen LogP contribution in [0, 0.1) is 6.92 Å². The predicted octanol–water partition coefficient (Wildman–Crippen LogP) is 3.40. The molecule has 0 saturated heterocycles. The van der Waals surface area contributed by atoms with Crippen molar-refractivity contribution in [1.29, 1.82) is 0 Å². The number of carbonyl (C=O) groups is 1. The molecule has 3 unspecified atom stereocenters. The first-order valence-electron chi connectivity index (χ1n) is 10.1. The maximum Gasteiger partial charge on any atom is 0.257 e. The number of anilines is 3. The summed E-state index contributed by atoms with van der Waals surface area (Å²) in [4.78, 5) is 22.0. The Bertz CT molecular complexity index is 883. The van der Waals surface area contributed by atoms with E-state index in [2.05, 4.69) is 20.9 Å². The minimum Gasteiger partial charge on any atom is -0.350 e. The summed E-state index contributed by atoms with van der Waals surface area (Å²) >= 11 is 0. The molecule has 28 heavy (non-hydrogen) atoms. The van der Waals surface area contributed by atoms with Crippen LogP contribution in [0.25, 0.3) is 0 Å². The van der Waals surface area contributed by atoms with Gasteiger partial charge in [0.1, 0.15) is 11.4 Å². The smallest absolute Gasteiger partial charge is 0.257 e. The maximum atomic E-state index is 12.6. The molecule has 0 bridgehead atoms. The Labute approximate surface area is 165 Å². The van der Waals surface area contributed by atoms with Gasteiger partial charge in [-0.2, -0.15) is 4.98 Å². The second-order valence-electron chi connectivity index (χ2n) is 7.78. The molecule has 2 heterocycles. The Balaban J connectivity index is 1.71. The summed E-state index contributed by atoms with van der Waals surface area (Å²) in [6.45, 7) is 4.08. The second kappa shape index (κ2) is 7.75. The summed E-state index contributed by atoms with van der Waals surface area (Å²) in [5.41, 5.74) is 9.62. The zero-order chi connectivity index (χ0) is 19.7. The maximum absolute atomic E-state index is 12.6. The average Bonchev–Trinajstić information content (AvgIpc) is 3.00. The van der Waals surface area contributed by atoms with Crippen molar-refractivity contribution in [3.63, 3.8) is 0 Å². The Kier molecular flexibility index (Phi) is 5.17. The van der Waals surface area contributed by atoms with Crippen LogP contribution in [0.5, 0.6) is 0 Å². The third-order valence-corrected chi connectivity index (χ3v) is 5.62. The van der Waals surface area contributed by atoms with Gasteiger partial charge >= 0.3 is 0 Å². The topological polar surface area (TPSA) is 105 Å². The Morgan fingerprint density at radius 2 is 2.07 bits per heavy atom. The number of nitrogens with one attached hydrogen (secondary N) is 3. The van der Waals surface area contributed by atoms with E-state index in [1.165, 1.54) is 6.42 Å². The minimum atomic E-state index is -0.127. The normalized spacial score (nSPS) is 23.8. The largest absolute Gasteiger partial charge is 0.350 e. The number of carbonyl (C=O) groups excluding carboxylic acids is 1. The van der Waals surface area contributed by atoms with Crippen molar-refractivity contribution >= 4 is 23.4 Å². The number of rotatable bonds is 5. The van der Waals surface area contributed by atoms with Gasteiger partial charge in [-0.05, 0) is 43.9 Å². The van der Waals surface area contributed by atoms with E-state index < -0.39 is 0 Å². The molecule has 1 fully saturated rings. The first-order valence-corrected chi connectivity index (χ1v) is 10.1. The first kappa shape index (κ1) is 18.7. The fraction of sp³-hybridized carbons (Fsp3) is 0.476. The quantitative estimate of drug-likeness (QED) is 0.634. The van der Waals surface area contributed by atoms with Crippen LogP contribution in [0.1, 0.15) is 66.7 Å². The third kappa shape index (κ3) is 3.67. The number of nitrogens with zero attached hydrogens (tertiary/aromatic N) is 2. The van der Waals surface area contributed by atoms with E-state index in [1.54, 1.807) is 0 Å². The van der Waals surface area contributed by atoms with Crippen molar-refractivity contribution in [3.05, 3.63) is 41.1 Å². The number of hydrogen-bond donors (Lipinski definition) is 4. The van der Waals surface area contributed by atoms with E-state index in [1.807, 2.05) is 38.1 Å². The zero-order valence-electron chi connectivity index (χ0n) is 16.5. The van der Waals surface area contributed by atoms with Crippen LogP contribution in [0.15, 0.2) is 24.3 Å². The molecule has 148 valence electrons. The van der Waals surface area contributed by atoms with Crippen LogP contribution >= 0.6 is 0 Å². The van der Waals surface area contributed by atoms with Crippen molar-refractivity contribution < 1.29 is 4.79 Å². The molecule has 1 aliphatic carbocycles. The van der Waals surface area contributed by atoms with Gasteiger partial charge in [-0.3, -0.25) is 4.79 Å². The highest BCUT2D eigenvalue weighted by Crippen LogP contribution is 2.33. The summed E-state index contributed by atoms with van der Waals surface area (Å²) < 4.78 is 0. The molecule has 2 aromatic rings. The third-order valence-electron chi connectivity index (χ3n) is 5.62. The number of fused-ring (bicyclic) bond motifs is 1. The van der Waals surface area contributed by atoms with Crippen LogP contribution in [-0.4, -0.2) is 28.0 Å². The SMILES string of the molecule is CCC1NC(=O)c2c(Nc3cccc(C)c3)nc(NC3CCCCC3N)nc21. The van der Waals surface area contributed by atoms with E-state index in [9.17, 15) is 4.79 Å². The zero-order valence-corrected chi connectivity index (χ0v) is 16.5. The molecule has 5 N–H and O–H groups in total. The highest BCUT2D eigenvalue weighted by Gasteiger charge is 2.34. The Morgan fingerprint density at radius 1 is 1.25 bits per heavy atom. The van der Waals surface area contributed by atoms with E-state index in [4.69, 9.17) is 10.7 Å². The number of aromatic nitrogens is 2. The molecular formula is C21H28N6O. The Morgan fingerprint density at radius 3 is 2.82 bits per heavy atom. The van der Waals surface area contributed by atoms with E-state index >= 15 is 0 Å². The number of benzene rings is 1. The number of nitrogens with two attached hydrogens (primary N) is 1. The highest BCUT2D eigenvalue weighted by molar-refractivity contribution is 6.03. The summed E-state index contributed by atoms with van der Waals surface area (Å²) in [6.07, 6.45) is 5.12. The lowest BCUT2D eigenvalue weighted by Crippen LogP contribution is -2.43. The standard InChI is InChI=1S/C21H28N6O/c1-3-15-18-17(20(28)24-15)19(23-13-8-6-7-12(2)11-13)27-21(26-18)25-16-10-5-4-9-14(16)22/h6-8,11,14-16H,3-5,9-10,22H2,1-2H3,(H,24,28)(H2,23,25,26,27). The molecular weight excluding hydrogens is 352 g/mol. The van der Waals surface area contributed by atoms with Crippen LogP contribution in [0.2, 0.25) is 0 Å². The highest BCUT2D eigenvalue weighted by atomic mass is 16.2. The number of hydrogen-bond acceptors (Lipinski definition) is 6. The predicted molar refractivity (Wildman–Crippen MR) is 111 cm³/mol. The molecule has 7 heteroatoms. The van der Waals surface area contributed by atoms with Crippen LogP contribution in [0.4, 0.5) is 17.5 Å². The average molecular weight is 380 g/mol. The van der Waals surface area contributed by atoms with Crippen molar-refractivity contribution in [2.75, 3.05) is 10.6 Å². The van der Waals surface area contributed by atoms with Crippen LogP contribution in [-0.2, 0) is 0 Å². The van der Waals surface area contributed by atoms with Gasteiger partial charge in [0.25, 0.3) is 5.91 Å². The van der Waals surface area contributed by atoms with Gasteiger partial charge in [0.2, 0.25) is 5.95 Å². The fourth-order valence-electron chi connectivity index (χ4n) is 4.07. The molecule has 7 nitrogen and oxygen atoms in total. The molecule has 1 amide bonds. The van der Waals surface area contributed by atoms with Crippen LogP contribution < -0.4 is 21.7 Å². The van der Waals surface area contributed by atoms with Gasteiger partial charge in [-0.1, -0.05) is 31.9 Å². The Hall–Kier alpha value is -2.67. The van der Waals surface area contributed by atoms with E-state index in [0.29, 0.717) is 17.3 Å². The van der Waals surface area contributed by atoms with Crippen molar-refractivity contribution in [3.8, 4) is 0 Å². The molecule has 1 aliphatic heterocycles. The molecule has 2 aliphatic rings. The van der Waals surface area contributed by atoms with E-state index in [0.717, 1.165) is 42.6 Å². The molecule has 0 spiro atoms. The van der Waals surface area contributed by atoms with Crippen LogP contribution in [0.3, 0.4) is 0 Å². The summed E-state index contributed by atoms with van der Waals surface area (Å²) in [7, 11) is 0. The van der Waals surface area contributed by atoms with Gasteiger partial charge in [-0.25, -0.2) is 4.98 Å². The fourth-order valence-corrected chi connectivity index (χ4v) is 4.07. The van der Waals surface area contributed by atoms with E-state index in [-0.39, 0.29) is 24.0 Å². The molecule has 4 rings (SSSR count). The molecule has 1 saturated carbocycles. The first-order chi connectivity index (χ1) is 13.5. The number of aryl methyl sites for hydroxylation is 1. The molecule has 3 atom stereocenters. The molecule has 1 aromatic carbocycles. The van der Waals surface area contributed by atoms with Gasteiger partial charge in [-0.15, -0.1) is 0 Å². The van der Waals surface area contributed by atoms with Crippen molar-refractivity contribution in [2.24, 2.45) is 5.73 Å². The lowest BCUT2D eigenvalue weighted by Gasteiger charge is -2.29. The monoisotopic (exact) mass is 380 g/mol. The molecule has 1 aromatic heterocycles. The van der Waals surface area contributed by atoms with Crippen molar-refractivity contribution in [2.45, 2.75) is 64.1 Å². The van der Waals surface area contributed by atoms with Crippen molar-refractivity contribution in [1.82, 2.24) is 15.3 Å². The minimum absolute atomic E-state index is 0.0934. The van der Waals surface area contributed by atoms with Gasteiger partial charge < -0.3 is 21.7 Å². The van der Waals surface area contributed by atoms with Gasteiger partial charge in [0.05, 0.1) is 11.7 Å². The summed E-state index contributed by atoms with van der Waals surface area (Å²) in [5, 5.41) is 9.77. The summed E-state index contributed by atoms with van der Waals surface area (Å²) in [6, 6.07) is 8.17. The van der Waals surface area contributed by atoms with Gasteiger partial charge in [0, 0.05) is 17.8 Å². The lowest BCUT2D eigenvalue weighted by molar-refractivity contribution is 0.0956. The summed E-state index contributed by atoms with van der Waals surface area (Å²) in [5.74, 6) is 0.944.